The number of aryl methyl sites for hydroxylation is 1. The number of nitrogens with zero attached hydrogens (tertiary/aromatic N) is 1. The van der Waals surface area contributed by atoms with Crippen LogP contribution < -0.4 is 5.32 Å². The van der Waals surface area contributed by atoms with Crippen molar-refractivity contribution in [2.75, 3.05) is 0 Å². The molecule has 0 aliphatic heterocycles. The van der Waals surface area contributed by atoms with Gasteiger partial charge in [0, 0.05) is 18.4 Å². The monoisotopic (exact) mass is 278 g/mol. The lowest BCUT2D eigenvalue weighted by Gasteiger charge is -2.17. The van der Waals surface area contributed by atoms with Crippen molar-refractivity contribution in [2.45, 2.75) is 19.5 Å². The summed E-state index contributed by atoms with van der Waals surface area (Å²) in [6.07, 6.45) is 3.62. The summed E-state index contributed by atoms with van der Waals surface area (Å²) in [5.74, 6) is 0.918. The van der Waals surface area contributed by atoms with Crippen LogP contribution in [0, 0.1) is 6.92 Å². The lowest BCUT2D eigenvalue weighted by molar-refractivity contribution is 0.445. The zero-order valence-corrected chi connectivity index (χ0v) is 12.0. The van der Waals surface area contributed by atoms with Crippen molar-refractivity contribution in [3.8, 4) is 0 Å². The van der Waals surface area contributed by atoms with Crippen molar-refractivity contribution in [2.24, 2.45) is 0 Å². The predicted octanol–water partition coefficient (Wildman–Crippen LogP) is 3.86. The van der Waals surface area contributed by atoms with E-state index in [0.717, 1.165) is 23.6 Å². The Morgan fingerprint density at radius 1 is 1.05 bits per heavy atom. The molecule has 3 rings (SSSR count). The Morgan fingerprint density at radius 2 is 1.90 bits per heavy atom. The minimum atomic E-state index is 0.0440. The van der Waals surface area contributed by atoms with Gasteiger partial charge in [0.05, 0.1) is 12.3 Å². The lowest BCUT2D eigenvalue weighted by Crippen LogP contribution is -2.21. The molecule has 0 amide bonds. The molecule has 106 valence electrons. The maximum absolute atomic E-state index is 5.58. The molecule has 2 heterocycles. The average molecular weight is 278 g/mol. The summed E-state index contributed by atoms with van der Waals surface area (Å²) < 4.78 is 5.58. The van der Waals surface area contributed by atoms with E-state index in [2.05, 4.69) is 28.5 Å². The van der Waals surface area contributed by atoms with Gasteiger partial charge in [0.25, 0.3) is 0 Å². The number of furan rings is 1. The molecule has 3 nitrogen and oxygen atoms in total. The SMILES string of the molecule is Cc1ccc(CNC(c2ccccc2)c2ccco2)cn1. The summed E-state index contributed by atoms with van der Waals surface area (Å²) in [4.78, 5) is 4.33. The van der Waals surface area contributed by atoms with Crippen LogP contribution in [0.1, 0.15) is 28.6 Å². The molecular weight excluding hydrogens is 260 g/mol. The van der Waals surface area contributed by atoms with Crippen LogP contribution in [0.15, 0.2) is 71.5 Å². The van der Waals surface area contributed by atoms with E-state index in [1.54, 1.807) is 6.26 Å². The zero-order valence-electron chi connectivity index (χ0n) is 12.0. The van der Waals surface area contributed by atoms with E-state index >= 15 is 0 Å². The third-order valence-corrected chi connectivity index (χ3v) is 3.44. The maximum atomic E-state index is 5.58. The van der Waals surface area contributed by atoms with Crippen molar-refractivity contribution in [3.05, 3.63) is 89.6 Å². The molecule has 3 heteroatoms. The predicted molar refractivity (Wildman–Crippen MR) is 82.8 cm³/mol. The highest BCUT2D eigenvalue weighted by Crippen LogP contribution is 2.22. The quantitative estimate of drug-likeness (QED) is 0.770. The van der Waals surface area contributed by atoms with Crippen LogP contribution >= 0.6 is 0 Å². The van der Waals surface area contributed by atoms with Gasteiger partial charge in [-0.2, -0.15) is 0 Å². The minimum Gasteiger partial charge on any atom is -0.467 e. The molecule has 21 heavy (non-hydrogen) atoms. The largest absolute Gasteiger partial charge is 0.467 e. The van der Waals surface area contributed by atoms with Crippen molar-refractivity contribution < 1.29 is 4.42 Å². The Hall–Kier alpha value is -2.39. The highest BCUT2D eigenvalue weighted by Gasteiger charge is 2.15. The van der Waals surface area contributed by atoms with Crippen LogP contribution in [0.2, 0.25) is 0 Å². The summed E-state index contributed by atoms with van der Waals surface area (Å²) >= 11 is 0. The second kappa shape index (κ2) is 6.37. The Balaban J connectivity index is 1.78. The maximum Gasteiger partial charge on any atom is 0.125 e. The van der Waals surface area contributed by atoms with E-state index in [1.807, 2.05) is 49.5 Å². The highest BCUT2D eigenvalue weighted by molar-refractivity contribution is 5.26. The van der Waals surface area contributed by atoms with E-state index in [0.29, 0.717) is 0 Å². The van der Waals surface area contributed by atoms with Crippen LogP contribution in [-0.4, -0.2) is 4.98 Å². The summed E-state index contributed by atoms with van der Waals surface area (Å²) in [6, 6.07) is 18.4. The van der Waals surface area contributed by atoms with Crippen molar-refractivity contribution >= 4 is 0 Å². The number of benzene rings is 1. The molecule has 0 saturated carbocycles. The Bertz CT molecular complexity index is 660. The second-order valence-electron chi connectivity index (χ2n) is 5.05. The Kier molecular flexibility index (Phi) is 4.12. The number of aromatic nitrogens is 1. The smallest absolute Gasteiger partial charge is 0.125 e. The van der Waals surface area contributed by atoms with Gasteiger partial charge >= 0.3 is 0 Å². The number of rotatable bonds is 5. The van der Waals surface area contributed by atoms with Gasteiger partial charge in [-0.05, 0) is 36.2 Å². The van der Waals surface area contributed by atoms with Gasteiger partial charge in [0.15, 0.2) is 0 Å². The van der Waals surface area contributed by atoms with Crippen LogP contribution in [-0.2, 0) is 6.54 Å². The first kappa shape index (κ1) is 13.6. The molecule has 1 aromatic carbocycles. The van der Waals surface area contributed by atoms with E-state index in [1.165, 1.54) is 5.56 Å². The first-order valence-electron chi connectivity index (χ1n) is 7.06. The third kappa shape index (κ3) is 3.38. The van der Waals surface area contributed by atoms with Gasteiger partial charge < -0.3 is 4.42 Å². The van der Waals surface area contributed by atoms with E-state index in [4.69, 9.17) is 4.42 Å². The molecule has 0 aliphatic rings. The molecule has 0 bridgehead atoms. The van der Waals surface area contributed by atoms with Crippen molar-refractivity contribution in [1.29, 1.82) is 0 Å². The molecule has 0 spiro atoms. The van der Waals surface area contributed by atoms with Gasteiger partial charge in [-0.3, -0.25) is 10.3 Å². The fourth-order valence-electron chi connectivity index (χ4n) is 2.31. The van der Waals surface area contributed by atoms with Crippen molar-refractivity contribution in [3.63, 3.8) is 0 Å². The number of hydrogen-bond acceptors (Lipinski definition) is 3. The zero-order chi connectivity index (χ0) is 14.5. The third-order valence-electron chi connectivity index (χ3n) is 3.44. The summed E-state index contributed by atoms with van der Waals surface area (Å²) in [5.41, 5.74) is 3.38. The molecule has 1 N–H and O–H groups in total. The van der Waals surface area contributed by atoms with Gasteiger partial charge in [0.1, 0.15) is 5.76 Å². The standard InChI is InChI=1S/C18H18N2O/c1-14-9-10-15(12-19-14)13-20-18(17-8-5-11-21-17)16-6-3-2-4-7-16/h2-12,18,20H,13H2,1H3. The summed E-state index contributed by atoms with van der Waals surface area (Å²) in [7, 11) is 0. The summed E-state index contributed by atoms with van der Waals surface area (Å²) in [6.45, 7) is 2.74. The number of pyridine rings is 1. The average Bonchev–Trinajstić information content (AvgIpc) is 3.05. The fourth-order valence-corrected chi connectivity index (χ4v) is 2.31. The molecule has 1 atom stereocenters. The fraction of sp³-hybridized carbons (Fsp3) is 0.167. The van der Waals surface area contributed by atoms with Crippen LogP contribution in [0.4, 0.5) is 0 Å². The van der Waals surface area contributed by atoms with E-state index in [9.17, 15) is 0 Å². The molecule has 1 unspecified atom stereocenters. The summed E-state index contributed by atoms with van der Waals surface area (Å²) in [5, 5.41) is 3.54. The van der Waals surface area contributed by atoms with Gasteiger partial charge in [-0.1, -0.05) is 36.4 Å². The second-order valence-corrected chi connectivity index (χ2v) is 5.05. The van der Waals surface area contributed by atoms with Crippen LogP contribution in [0.25, 0.3) is 0 Å². The molecule has 0 saturated heterocycles. The molecule has 2 aromatic heterocycles. The first-order chi connectivity index (χ1) is 10.3. The molecule has 0 radical (unpaired) electrons. The van der Waals surface area contributed by atoms with Crippen molar-refractivity contribution in [1.82, 2.24) is 10.3 Å². The Morgan fingerprint density at radius 3 is 2.57 bits per heavy atom. The molecule has 3 aromatic rings. The van der Waals surface area contributed by atoms with Gasteiger partial charge in [-0.25, -0.2) is 0 Å². The van der Waals surface area contributed by atoms with Crippen LogP contribution in [0.5, 0.6) is 0 Å². The van der Waals surface area contributed by atoms with Gasteiger partial charge in [-0.15, -0.1) is 0 Å². The Labute approximate surface area is 124 Å². The van der Waals surface area contributed by atoms with E-state index in [-0.39, 0.29) is 6.04 Å². The van der Waals surface area contributed by atoms with Gasteiger partial charge in [0.2, 0.25) is 0 Å². The normalized spacial score (nSPS) is 12.2. The molecule has 0 aliphatic carbocycles. The number of nitrogens with one attached hydrogen (secondary N) is 1. The molecule has 0 fully saturated rings. The van der Waals surface area contributed by atoms with Crippen LogP contribution in [0.3, 0.4) is 0 Å². The molecular formula is C18H18N2O. The van der Waals surface area contributed by atoms with E-state index < -0.39 is 0 Å². The highest BCUT2D eigenvalue weighted by atomic mass is 16.3. The lowest BCUT2D eigenvalue weighted by atomic mass is 10.0. The number of hydrogen-bond donors (Lipinski definition) is 1. The first-order valence-corrected chi connectivity index (χ1v) is 7.06. The topological polar surface area (TPSA) is 38.1 Å². The minimum absolute atomic E-state index is 0.0440.